The molecule has 1 aliphatic heterocycles. The Morgan fingerprint density at radius 1 is 0.919 bits per heavy atom. The molecule has 2 aromatic carbocycles. The first-order chi connectivity index (χ1) is 17.8. The van der Waals surface area contributed by atoms with Crippen molar-refractivity contribution in [2.24, 2.45) is 14.1 Å². The number of anilines is 2. The molecule has 4 aromatic rings. The molecule has 0 unspecified atom stereocenters. The molecule has 10 nitrogen and oxygen atoms in total. The number of hydrogen-bond donors (Lipinski definition) is 1. The molecule has 0 radical (unpaired) electrons. The molecule has 1 saturated heterocycles. The molecule has 3 heterocycles. The van der Waals surface area contributed by atoms with Gasteiger partial charge in [-0.15, -0.1) is 0 Å². The van der Waals surface area contributed by atoms with Crippen molar-refractivity contribution in [3.8, 4) is 5.75 Å². The third-order valence-corrected chi connectivity index (χ3v) is 6.93. The van der Waals surface area contributed by atoms with Crippen LogP contribution in [0.15, 0.2) is 64.2 Å². The van der Waals surface area contributed by atoms with Gasteiger partial charge < -0.3 is 24.2 Å². The second-order valence-corrected chi connectivity index (χ2v) is 9.44. The molecule has 10 heteroatoms. The van der Waals surface area contributed by atoms with Crippen LogP contribution in [-0.4, -0.2) is 62.7 Å². The van der Waals surface area contributed by atoms with Crippen LogP contribution < -0.4 is 25.8 Å². The highest BCUT2D eigenvalue weighted by Gasteiger charge is 2.27. The quantitative estimate of drug-likeness (QED) is 0.407. The molecule has 194 valence electrons. The van der Waals surface area contributed by atoms with Gasteiger partial charge in [0.05, 0.1) is 6.54 Å². The monoisotopic (exact) mass is 504 g/mol. The number of para-hydroxylation sites is 2. The van der Waals surface area contributed by atoms with Crippen molar-refractivity contribution in [1.29, 1.82) is 0 Å². The summed E-state index contributed by atoms with van der Waals surface area (Å²) in [5, 5.41) is 11.0. The number of fused-ring (bicyclic) bond motifs is 1. The maximum atomic E-state index is 13.2. The molecule has 5 rings (SSSR count). The van der Waals surface area contributed by atoms with Crippen molar-refractivity contribution in [2.45, 2.75) is 19.6 Å². The van der Waals surface area contributed by atoms with Crippen LogP contribution in [0.4, 0.5) is 11.6 Å². The average molecular weight is 505 g/mol. The van der Waals surface area contributed by atoms with Crippen molar-refractivity contribution in [3.63, 3.8) is 0 Å². The minimum atomic E-state index is -0.900. The van der Waals surface area contributed by atoms with Gasteiger partial charge in [0.1, 0.15) is 18.5 Å². The van der Waals surface area contributed by atoms with Crippen molar-refractivity contribution in [3.05, 3.63) is 81.0 Å². The van der Waals surface area contributed by atoms with Crippen LogP contribution in [0.25, 0.3) is 11.2 Å². The minimum absolute atomic E-state index is 0.0534. The molecule has 37 heavy (non-hydrogen) atoms. The lowest BCUT2D eigenvalue weighted by Crippen LogP contribution is -2.47. The minimum Gasteiger partial charge on any atom is -0.491 e. The molecule has 0 spiro atoms. The van der Waals surface area contributed by atoms with E-state index in [4.69, 9.17) is 9.72 Å². The van der Waals surface area contributed by atoms with Gasteiger partial charge >= 0.3 is 5.69 Å². The van der Waals surface area contributed by atoms with Crippen molar-refractivity contribution < 1.29 is 9.84 Å². The fourth-order valence-electron chi connectivity index (χ4n) is 4.82. The number of aliphatic hydroxyl groups is 1. The number of aromatic nitrogens is 4. The summed E-state index contributed by atoms with van der Waals surface area (Å²) in [5.41, 5.74) is 1.86. The summed E-state index contributed by atoms with van der Waals surface area (Å²) in [6.45, 7) is 5.03. The van der Waals surface area contributed by atoms with Gasteiger partial charge in [-0.1, -0.05) is 36.4 Å². The van der Waals surface area contributed by atoms with E-state index in [1.165, 1.54) is 11.6 Å². The fourth-order valence-corrected chi connectivity index (χ4v) is 4.82. The highest BCUT2D eigenvalue weighted by atomic mass is 16.5. The van der Waals surface area contributed by atoms with Crippen molar-refractivity contribution >= 4 is 22.8 Å². The summed E-state index contributed by atoms with van der Waals surface area (Å²) in [5.74, 6) is 1.27. The summed E-state index contributed by atoms with van der Waals surface area (Å²) >= 11 is 0. The predicted octanol–water partition coefficient (Wildman–Crippen LogP) is 1.51. The first kappa shape index (κ1) is 24.6. The van der Waals surface area contributed by atoms with Crippen LogP contribution in [0.3, 0.4) is 0 Å². The number of aliphatic hydroxyl groups excluding tert-OH is 1. The van der Waals surface area contributed by atoms with E-state index >= 15 is 0 Å². The number of benzene rings is 2. The van der Waals surface area contributed by atoms with Gasteiger partial charge in [0.2, 0.25) is 5.95 Å². The van der Waals surface area contributed by atoms with Gasteiger partial charge in [0, 0.05) is 46.0 Å². The Kier molecular flexibility index (Phi) is 6.75. The maximum Gasteiger partial charge on any atom is 0.332 e. The van der Waals surface area contributed by atoms with E-state index in [-0.39, 0.29) is 13.2 Å². The van der Waals surface area contributed by atoms with Crippen LogP contribution >= 0.6 is 0 Å². The second kappa shape index (κ2) is 10.1. The van der Waals surface area contributed by atoms with Crippen LogP contribution in [0.5, 0.6) is 5.75 Å². The Morgan fingerprint density at radius 3 is 2.27 bits per heavy atom. The lowest BCUT2D eigenvalue weighted by Gasteiger charge is -2.36. The fraction of sp³-hybridized carbons (Fsp3) is 0.370. The van der Waals surface area contributed by atoms with Gasteiger partial charge in [-0.05, 0) is 30.7 Å². The number of imidazole rings is 1. The number of aryl methyl sites for hydroxylation is 2. The zero-order valence-corrected chi connectivity index (χ0v) is 21.4. The summed E-state index contributed by atoms with van der Waals surface area (Å²) in [6, 6.07) is 17.9. The first-order valence-corrected chi connectivity index (χ1v) is 12.4. The number of piperazine rings is 1. The molecular weight excluding hydrogens is 472 g/mol. The van der Waals surface area contributed by atoms with Crippen LogP contribution in [-0.2, 0) is 20.6 Å². The lowest BCUT2D eigenvalue weighted by atomic mass is 10.2. The molecule has 1 atom stereocenters. The zero-order chi connectivity index (χ0) is 26.1. The van der Waals surface area contributed by atoms with Crippen LogP contribution in [0, 0.1) is 6.92 Å². The number of hydrogen-bond acceptors (Lipinski definition) is 7. The largest absolute Gasteiger partial charge is 0.491 e. The van der Waals surface area contributed by atoms with Crippen LogP contribution in [0.1, 0.15) is 5.56 Å². The van der Waals surface area contributed by atoms with Crippen LogP contribution in [0.2, 0.25) is 0 Å². The molecule has 0 bridgehead atoms. The van der Waals surface area contributed by atoms with Crippen molar-refractivity contribution in [1.82, 2.24) is 18.7 Å². The molecule has 0 amide bonds. The highest BCUT2D eigenvalue weighted by molar-refractivity contribution is 5.74. The first-order valence-electron chi connectivity index (χ1n) is 12.4. The van der Waals surface area contributed by atoms with E-state index in [0.29, 0.717) is 36.0 Å². The molecule has 2 aromatic heterocycles. The number of rotatable bonds is 7. The van der Waals surface area contributed by atoms with Gasteiger partial charge in [0.15, 0.2) is 11.2 Å². The zero-order valence-electron chi connectivity index (χ0n) is 21.4. The SMILES string of the molecule is Cc1ccccc1OC[C@@H](O)Cn1c(N2CCN(c3ccccc3)CC2)nc2c1c(=O)n(C)c(=O)n2C. The molecule has 0 aliphatic carbocycles. The Morgan fingerprint density at radius 2 is 1.57 bits per heavy atom. The number of nitrogens with zero attached hydrogens (tertiary/aromatic N) is 6. The van der Waals surface area contributed by atoms with E-state index in [9.17, 15) is 14.7 Å². The molecule has 1 aliphatic rings. The number of ether oxygens (including phenoxy) is 1. The average Bonchev–Trinajstić information content (AvgIpc) is 3.30. The molecule has 1 N–H and O–H groups in total. The van der Waals surface area contributed by atoms with Gasteiger partial charge in [-0.2, -0.15) is 4.98 Å². The Balaban J connectivity index is 1.45. The molecule has 0 saturated carbocycles. The summed E-state index contributed by atoms with van der Waals surface area (Å²) in [7, 11) is 3.06. The topological polar surface area (TPSA) is 97.8 Å². The standard InChI is InChI=1S/C27H32N6O4/c1-19-9-7-8-12-22(19)37-18-21(34)17-33-23-24(29(2)27(36)30(3)25(23)35)28-26(33)32-15-13-31(14-16-32)20-10-5-4-6-11-20/h4-12,21,34H,13-18H2,1-3H3/t21-/m0/s1. The third-order valence-electron chi connectivity index (χ3n) is 6.93. The van der Waals surface area contributed by atoms with E-state index in [2.05, 4.69) is 21.9 Å². The maximum absolute atomic E-state index is 13.2. The summed E-state index contributed by atoms with van der Waals surface area (Å²) in [4.78, 5) is 35.0. The van der Waals surface area contributed by atoms with E-state index in [0.717, 1.165) is 28.9 Å². The normalized spacial score (nSPS) is 14.8. The van der Waals surface area contributed by atoms with Gasteiger partial charge in [-0.25, -0.2) is 4.79 Å². The summed E-state index contributed by atoms with van der Waals surface area (Å²) < 4.78 is 10.1. The second-order valence-electron chi connectivity index (χ2n) is 9.44. The van der Waals surface area contributed by atoms with Crippen molar-refractivity contribution in [2.75, 3.05) is 42.6 Å². The summed E-state index contributed by atoms with van der Waals surface area (Å²) in [6.07, 6.45) is -0.900. The smallest absolute Gasteiger partial charge is 0.332 e. The molecular formula is C27H32N6O4. The highest BCUT2D eigenvalue weighted by Crippen LogP contribution is 2.24. The lowest BCUT2D eigenvalue weighted by molar-refractivity contribution is 0.0933. The Hall–Kier alpha value is -4.05. The van der Waals surface area contributed by atoms with E-state index < -0.39 is 17.4 Å². The Labute approximate surface area is 214 Å². The van der Waals surface area contributed by atoms with E-state index in [1.54, 1.807) is 11.6 Å². The predicted molar refractivity (Wildman–Crippen MR) is 144 cm³/mol. The molecule has 1 fully saturated rings. The van der Waals surface area contributed by atoms with E-state index in [1.807, 2.05) is 49.4 Å². The van der Waals surface area contributed by atoms with Gasteiger partial charge in [-0.3, -0.25) is 13.9 Å². The Bertz CT molecular complexity index is 1520. The van der Waals surface area contributed by atoms with Gasteiger partial charge in [0.25, 0.3) is 5.56 Å². The third kappa shape index (κ3) is 4.72.